The lowest BCUT2D eigenvalue weighted by molar-refractivity contribution is -0.202. The number of benzene rings is 1. The van der Waals surface area contributed by atoms with E-state index >= 15 is 0 Å². The van der Waals surface area contributed by atoms with Gasteiger partial charge in [-0.05, 0) is 140 Å². The number of hydrogen-bond acceptors (Lipinski definition) is 5. The summed E-state index contributed by atoms with van der Waals surface area (Å²) in [5.74, 6) is 3.26. The molecule has 5 fully saturated rings. The second-order valence-electron chi connectivity index (χ2n) is 14.6. The number of ether oxygens (including phenoxy) is 1. The largest absolute Gasteiger partial charge is 0.504 e. The molecule has 5 nitrogen and oxygen atoms in total. The van der Waals surface area contributed by atoms with Crippen LogP contribution in [0.3, 0.4) is 0 Å². The highest BCUT2D eigenvalue weighted by molar-refractivity contribution is 5.87. The molecule has 9 unspecified atom stereocenters. The van der Waals surface area contributed by atoms with Gasteiger partial charge in [-0.1, -0.05) is 33.3 Å². The van der Waals surface area contributed by atoms with Gasteiger partial charge in [-0.2, -0.15) is 0 Å². The van der Waals surface area contributed by atoms with Crippen LogP contribution in [0, 0.1) is 51.8 Å². The molecular weight excluding hydrogens is 488 g/mol. The maximum absolute atomic E-state index is 12.8. The quantitative estimate of drug-likeness (QED) is 0.217. The van der Waals surface area contributed by atoms with Crippen LogP contribution in [0.15, 0.2) is 24.3 Å². The van der Waals surface area contributed by atoms with Crippen molar-refractivity contribution in [1.82, 2.24) is 0 Å². The summed E-state index contributed by atoms with van der Waals surface area (Å²) < 4.78 is 6.03. The Hall–Kier alpha value is -2.01. The minimum absolute atomic E-state index is 0.0625. The van der Waals surface area contributed by atoms with Gasteiger partial charge >= 0.3 is 5.97 Å². The molecule has 1 aromatic carbocycles. The first-order valence-electron chi connectivity index (χ1n) is 15.6. The number of carbonyl (C=O) groups is 1. The number of esters is 1. The number of rotatable bonds is 4. The Morgan fingerprint density at radius 1 is 0.923 bits per heavy atom. The Balaban J connectivity index is 1.14. The Labute approximate surface area is 234 Å². The summed E-state index contributed by atoms with van der Waals surface area (Å²) in [4.78, 5) is 12.8. The maximum Gasteiger partial charge on any atom is 0.331 e. The van der Waals surface area contributed by atoms with Crippen LogP contribution in [0.25, 0.3) is 6.08 Å². The van der Waals surface area contributed by atoms with E-state index in [1.54, 1.807) is 12.1 Å². The molecule has 1 aromatic rings. The summed E-state index contributed by atoms with van der Waals surface area (Å²) in [5.41, 5.74) is 1.55. The zero-order valence-corrected chi connectivity index (χ0v) is 24.1. The van der Waals surface area contributed by atoms with Crippen molar-refractivity contribution in [1.29, 1.82) is 0 Å². The zero-order valence-electron chi connectivity index (χ0n) is 24.1. The molecule has 0 aliphatic heterocycles. The van der Waals surface area contributed by atoms with Crippen LogP contribution in [0.2, 0.25) is 0 Å². The lowest BCUT2D eigenvalue weighted by Crippen LogP contribution is -2.61. The second-order valence-corrected chi connectivity index (χ2v) is 14.6. The van der Waals surface area contributed by atoms with Crippen molar-refractivity contribution in [3.8, 4) is 11.5 Å². The number of phenols is 2. The average Bonchev–Trinajstić information content (AvgIpc) is 3.36. The third kappa shape index (κ3) is 4.24. The number of aromatic hydroxyl groups is 2. The molecule has 0 bridgehead atoms. The van der Waals surface area contributed by atoms with Crippen LogP contribution in [0.4, 0.5) is 0 Å². The van der Waals surface area contributed by atoms with Crippen molar-refractivity contribution in [2.24, 2.45) is 51.8 Å². The van der Waals surface area contributed by atoms with Crippen molar-refractivity contribution in [2.75, 3.05) is 6.61 Å². The highest BCUT2D eigenvalue weighted by atomic mass is 16.5. The number of phenolic OH excluding ortho intramolecular Hbond substituents is 2. The fraction of sp³-hybridized carbons (Fsp3) is 0.735. The molecule has 0 heterocycles. The second kappa shape index (κ2) is 9.82. The summed E-state index contributed by atoms with van der Waals surface area (Å²) in [6.07, 6.45) is 16.6. The molecule has 5 saturated carbocycles. The summed E-state index contributed by atoms with van der Waals surface area (Å²) in [6.45, 7) is 7.91. The Morgan fingerprint density at radius 3 is 2.44 bits per heavy atom. The molecule has 0 radical (unpaired) electrons. The number of hydrogen-bond donors (Lipinski definition) is 3. The highest BCUT2D eigenvalue weighted by Crippen LogP contribution is 2.71. The Bertz CT molecular complexity index is 1130. The van der Waals surface area contributed by atoms with Gasteiger partial charge in [0.05, 0.1) is 0 Å². The maximum atomic E-state index is 12.8. The summed E-state index contributed by atoms with van der Waals surface area (Å²) >= 11 is 0. The monoisotopic (exact) mass is 536 g/mol. The zero-order chi connectivity index (χ0) is 27.6. The molecule has 0 spiro atoms. The smallest absolute Gasteiger partial charge is 0.331 e. The van der Waals surface area contributed by atoms with Crippen molar-refractivity contribution in [3.63, 3.8) is 0 Å². The summed E-state index contributed by atoms with van der Waals surface area (Å²) in [7, 11) is 0. The van der Waals surface area contributed by atoms with Gasteiger partial charge in [0, 0.05) is 12.7 Å². The van der Waals surface area contributed by atoms with E-state index in [0.717, 1.165) is 36.5 Å². The first-order chi connectivity index (χ1) is 18.6. The SMILES string of the molecule is CC1C(OC(=O)/C=C/c2ccc(O)c(O)c2)CCC2(C)C1CCC1(C)C3CCC4(CO)CCC[C@@H]4C3CCC21. The summed E-state index contributed by atoms with van der Waals surface area (Å²) in [5, 5.41) is 29.6. The molecule has 3 N–H and O–H groups in total. The van der Waals surface area contributed by atoms with Gasteiger partial charge in [-0.3, -0.25) is 0 Å². The molecule has 6 rings (SSSR count). The normalized spacial score (nSPS) is 45.2. The van der Waals surface area contributed by atoms with Gasteiger partial charge in [0.2, 0.25) is 0 Å². The van der Waals surface area contributed by atoms with Crippen molar-refractivity contribution in [2.45, 2.75) is 97.5 Å². The van der Waals surface area contributed by atoms with Gasteiger partial charge in [0.1, 0.15) is 6.10 Å². The molecule has 5 aliphatic rings. The van der Waals surface area contributed by atoms with Crippen molar-refractivity contribution in [3.05, 3.63) is 29.8 Å². The van der Waals surface area contributed by atoms with E-state index in [-0.39, 0.29) is 29.0 Å². The van der Waals surface area contributed by atoms with Gasteiger partial charge in [-0.25, -0.2) is 4.79 Å². The van der Waals surface area contributed by atoms with Crippen LogP contribution in [0.5, 0.6) is 11.5 Å². The Morgan fingerprint density at radius 2 is 1.67 bits per heavy atom. The number of aliphatic hydroxyl groups excluding tert-OH is 1. The van der Waals surface area contributed by atoms with Gasteiger partial charge in [0.15, 0.2) is 11.5 Å². The fourth-order valence-electron chi connectivity index (χ4n) is 11.4. The lowest BCUT2D eigenvalue weighted by atomic mass is 9.37. The third-order valence-corrected chi connectivity index (χ3v) is 13.2. The molecule has 0 amide bonds. The van der Waals surface area contributed by atoms with Crippen LogP contribution in [-0.4, -0.2) is 34.0 Å². The predicted octanol–water partition coefficient (Wildman–Crippen LogP) is 7.09. The van der Waals surface area contributed by atoms with E-state index in [1.165, 1.54) is 76.0 Å². The predicted molar refractivity (Wildman–Crippen MR) is 152 cm³/mol. The van der Waals surface area contributed by atoms with Gasteiger partial charge in [0.25, 0.3) is 0 Å². The molecule has 5 heteroatoms. The van der Waals surface area contributed by atoms with Crippen LogP contribution < -0.4 is 0 Å². The first-order valence-corrected chi connectivity index (χ1v) is 15.6. The molecule has 5 aliphatic carbocycles. The molecular formula is C34H48O5. The number of carbonyl (C=O) groups excluding carboxylic acids is 1. The topological polar surface area (TPSA) is 87.0 Å². The standard InChI is InChI=1S/C34H48O5/c1-21-24-12-16-33(3)25-13-18-34(20-35)15-4-5-26(34)23(25)8-10-30(33)32(24,2)17-14-29(21)39-31(38)11-7-22-6-9-27(36)28(37)19-22/h6-7,9,11,19,21,23-26,29-30,35-37H,4-5,8,10,12-18,20H2,1-3H3/b11-7+/t21?,23?,24?,25?,26-,29?,30?,32?,33?,34?/m1/s1. The Kier molecular flexibility index (Phi) is 6.84. The van der Waals surface area contributed by atoms with Gasteiger partial charge in [-0.15, -0.1) is 0 Å². The van der Waals surface area contributed by atoms with Crippen LogP contribution >= 0.6 is 0 Å². The molecule has 214 valence electrons. The average molecular weight is 537 g/mol. The number of fused-ring (bicyclic) bond motifs is 7. The van der Waals surface area contributed by atoms with E-state index in [2.05, 4.69) is 20.8 Å². The molecule has 39 heavy (non-hydrogen) atoms. The first kappa shape index (κ1) is 27.2. The fourth-order valence-corrected chi connectivity index (χ4v) is 11.4. The van der Waals surface area contributed by atoms with E-state index in [0.29, 0.717) is 34.8 Å². The molecule has 0 aromatic heterocycles. The van der Waals surface area contributed by atoms with E-state index in [1.807, 2.05) is 0 Å². The van der Waals surface area contributed by atoms with E-state index in [9.17, 15) is 20.1 Å². The molecule has 10 atom stereocenters. The number of aliphatic hydroxyl groups is 1. The van der Waals surface area contributed by atoms with E-state index in [4.69, 9.17) is 4.74 Å². The van der Waals surface area contributed by atoms with Gasteiger partial charge < -0.3 is 20.1 Å². The van der Waals surface area contributed by atoms with E-state index < -0.39 is 0 Å². The van der Waals surface area contributed by atoms with Crippen LogP contribution in [0.1, 0.15) is 97.0 Å². The van der Waals surface area contributed by atoms with Crippen LogP contribution in [-0.2, 0) is 9.53 Å². The highest BCUT2D eigenvalue weighted by Gasteiger charge is 2.64. The van der Waals surface area contributed by atoms with Crippen molar-refractivity contribution >= 4 is 12.0 Å². The minimum atomic E-state index is -0.338. The summed E-state index contributed by atoms with van der Waals surface area (Å²) in [6, 6.07) is 4.51. The lowest BCUT2D eigenvalue weighted by Gasteiger charge is -2.67. The molecule has 0 saturated heterocycles. The minimum Gasteiger partial charge on any atom is -0.504 e. The third-order valence-electron chi connectivity index (χ3n) is 13.2. The van der Waals surface area contributed by atoms with Crippen molar-refractivity contribution < 1.29 is 24.9 Å².